The Balaban J connectivity index is 1.84. The molecule has 2 aliphatic rings. The van der Waals surface area contributed by atoms with Crippen molar-refractivity contribution in [1.82, 2.24) is 0 Å². The molecular weight excluding hydrogens is 351 g/mol. The highest BCUT2D eigenvalue weighted by atomic mass is 79.9. The Morgan fingerprint density at radius 3 is 2.56 bits per heavy atom. The van der Waals surface area contributed by atoms with Crippen LogP contribution in [0.15, 0.2) is 27.1 Å². The number of alkyl halides is 1. The molecule has 86 valence electrons. The molecule has 16 heavy (non-hydrogen) atoms. The fourth-order valence-corrected chi connectivity index (χ4v) is 4.80. The molecule has 2 aliphatic carbocycles. The van der Waals surface area contributed by atoms with Crippen LogP contribution in [0, 0.1) is 17.8 Å². The first kappa shape index (κ1) is 11.6. The van der Waals surface area contributed by atoms with Gasteiger partial charge in [0.25, 0.3) is 0 Å². The first-order valence-corrected chi connectivity index (χ1v) is 7.80. The largest absolute Gasteiger partial charge is 0.117 e. The van der Waals surface area contributed by atoms with E-state index in [9.17, 15) is 0 Å². The van der Waals surface area contributed by atoms with Gasteiger partial charge < -0.3 is 0 Å². The van der Waals surface area contributed by atoms with E-state index in [0.717, 1.165) is 26.7 Å². The van der Waals surface area contributed by atoms with Crippen LogP contribution in [-0.4, -0.2) is 0 Å². The molecule has 3 atom stereocenters. The third-order valence-electron chi connectivity index (χ3n) is 4.07. The molecule has 0 spiro atoms. The third-order valence-corrected chi connectivity index (χ3v) is 5.81. The minimum atomic E-state index is 0.183. The lowest BCUT2D eigenvalue weighted by atomic mass is 10.0. The molecule has 3 rings (SSSR count). The average molecular weight is 365 g/mol. The first-order valence-electron chi connectivity index (χ1n) is 5.77. The van der Waals surface area contributed by atoms with Gasteiger partial charge in [-0.2, -0.15) is 0 Å². The van der Waals surface area contributed by atoms with Crippen LogP contribution < -0.4 is 0 Å². The van der Waals surface area contributed by atoms with Gasteiger partial charge in [0.1, 0.15) is 0 Å². The standard InChI is InChI=1S/C13H13Br2Cl/c14-7-4-5-11(15)10(6-7)13(16)12-8-2-1-3-9(8)12/h4-6,8-9,12-13H,1-3H2. The van der Waals surface area contributed by atoms with Crippen molar-refractivity contribution in [3.8, 4) is 0 Å². The molecule has 0 amide bonds. The summed E-state index contributed by atoms with van der Waals surface area (Å²) in [5, 5.41) is 0.183. The van der Waals surface area contributed by atoms with Gasteiger partial charge >= 0.3 is 0 Å². The summed E-state index contributed by atoms with van der Waals surface area (Å²) in [4.78, 5) is 0. The van der Waals surface area contributed by atoms with Gasteiger partial charge in [-0.15, -0.1) is 11.6 Å². The summed E-state index contributed by atoms with van der Waals surface area (Å²) in [7, 11) is 0. The van der Waals surface area contributed by atoms with Crippen LogP contribution in [0.2, 0.25) is 0 Å². The molecule has 0 saturated heterocycles. The summed E-state index contributed by atoms with van der Waals surface area (Å²) >= 11 is 13.7. The zero-order chi connectivity index (χ0) is 11.3. The maximum Gasteiger partial charge on any atom is 0.0630 e. The zero-order valence-electron chi connectivity index (χ0n) is 8.80. The van der Waals surface area contributed by atoms with Crippen LogP contribution in [0.1, 0.15) is 30.2 Å². The molecule has 0 bridgehead atoms. The van der Waals surface area contributed by atoms with Crippen molar-refractivity contribution >= 4 is 43.5 Å². The fourth-order valence-electron chi connectivity index (χ4n) is 3.24. The Morgan fingerprint density at radius 1 is 1.19 bits per heavy atom. The highest BCUT2D eigenvalue weighted by molar-refractivity contribution is 9.11. The van der Waals surface area contributed by atoms with Gasteiger partial charge in [-0.3, -0.25) is 0 Å². The Kier molecular flexibility index (Phi) is 3.10. The van der Waals surface area contributed by atoms with E-state index < -0.39 is 0 Å². The molecule has 0 aliphatic heterocycles. The van der Waals surface area contributed by atoms with Crippen molar-refractivity contribution in [3.63, 3.8) is 0 Å². The van der Waals surface area contributed by atoms with E-state index in [-0.39, 0.29) is 5.38 Å². The predicted molar refractivity (Wildman–Crippen MR) is 74.8 cm³/mol. The lowest BCUT2D eigenvalue weighted by molar-refractivity contribution is 0.573. The van der Waals surface area contributed by atoms with Gasteiger partial charge in [-0.05, 0) is 54.4 Å². The maximum atomic E-state index is 6.63. The van der Waals surface area contributed by atoms with E-state index in [1.54, 1.807) is 0 Å². The minimum Gasteiger partial charge on any atom is -0.117 e. The summed E-state index contributed by atoms with van der Waals surface area (Å²) in [6, 6.07) is 6.27. The summed E-state index contributed by atoms with van der Waals surface area (Å²) in [6.07, 6.45) is 4.20. The lowest BCUT2D eigenvalue weighted by Crippen LogP contribution is -1.99. The minimum absolute atomic E-state index is 0.183. The molecule has 0 heterocycles. The highest BCUT2D eigenvalue weighted by Gasteiger charge is 2.55. The number of rotatable bonds is 2. The summed E-state index contributed by atoms with van der Waals surface area (Å²) in [5.41, 5.74) is 1.25. The van der Waals surface area contributed by atoms with Crippen LogP contribution in [-0.2, 0) is 0 Å². The summed E-state index contributed by atoms with van der Waals surface area (Å²) in [6.45, 7) is 0. The number of fused-ring (bicyclic) bond motifs is 1. The quantitative estimate of drug-likeness (QED) is 0.605. The number of hydrogen-bond acceptors (Lipinski definition) is 0. The molecule has 0 radical (unpaired) electrons. The van der Waals surface area contributed by atoms with Crippen molar-refractivity contribution < 1.29 is 0 Å². The molecule has 0 nitrogen and oxygen atoms in total. The second-order valence-electron chi connectivity index (χ2n) is 4.90. The molecule has 3 heteroatoms. The van der Waals surface area contributed by atoms with Crippen molar-refractivity contribution in [2.75, 3.05) is 0 Å². The summed E-state index contributed by atoms with van der Waals surface area (Å²) in [5.74, 6) is 2.54. The van der Waals surface area contributed by atoms with Gasteiger partial charge in [-0.1, -0.05) is 38.3 Å². The molecule has 0 N–H and O–H groups in total. The van der Waals surface area contributed by atoms with E-state index in [0.29, 0.717) is 0 Å². The Hall–Kier alpha value is 0.470. The van der Waals surface area contributed by atoms with Crippen molar-refractivity contribution in [2.45, 2.75) is 24.6 Å². The van der Waals surface area contributed by atoms with E-state index in [1.807, 2.05) is 6.07 Å². The van der Waals surface area contributed by atoms with Crippen molar-refractivity contribution in [3.05, 3.63) is 32.7 Å². The Bertz CT molecular complexity index is 408. The van der Waals surface area contributed by atoms with Crippen LogP contribution in [0.4, 0.5) is 0 Å². The molecule has 2 fully saturated rings. The van der Waals surface area contributed by atoms with Crippen LogP contribution in [0.5, 0.6) is 0 Å². The molecule has 2 saturated carbocycles. The SMILES string of the molecule is ClC(c1cc(Br)ccc1Br)C1C2CCCC21. The van der Waals surface area contributed by atoms with E-state index in [2.05, 4.69) is 44.0 Å². The van der Waals surface area contributed by atoms with Crippen LogP contribution in [0.3, 0.4) is 0 Å². The molecule has 0 aromatic heterocycles. The van der Waals surface area contributed by atoms with Crippen molar-refractivity contribution in [1.29, 1.82) is 0 Å². The predicted octanol–water partition coefficient (Wildman–Crippen LogP) is 5.54. The smallest absolute Gasteiger partial charge is 0.0630 e. The lowest BCUT2D eigenvalue weighted by Gasteiger charge is -2.14. The number of hydrogen-bond donors (Lipinski definition) is 0. The van der Waals surface area contributed by atoms with E-state index in [1.165, 1.54) is 24.8 Å². The second kappa shape index (κ2) is 4.29. The third kappa shape index (κ3) is 1.87. The van der Waals surface area contributed by atoms with Gasteiger partial charge in [0, 0.05) is 8.95 Å². The number of halogens is 3. The first-order chi connectivity index (χ1) is 7.68. The van der Waals surface area contributed by atoms with Gasteiger partial charge in [0.15, 0.2) is 0 Å². The molecule has 3 unspecified atom stereocenters. The molecule has 1 aromatic rings. The average Bonchev–Trinajstić information content (AvgIpc) is 2.74. The monoisotopic (exact) mass is 362 g/mol. The van der Waals surface area contributed by atoms with Gasteiger partial charge in [0.05, 0.1) is 5.38 Å². The normalized spacial score (nSPS) is 33.6. The zero-order valence-corrected chi connectivity index (χ0v) is 12.7. The number of benzene rings is 1. The van der Waals surface area contributed by atoms with Crippen LogP contribution >= 0.6 is 43.5 Å². The Labute approximate surface area is 118 Å². The maximum absolute atomic E-state index is 6.63. The van der Waals surface area contributed by atoms with E-state index in [4.69, 9.17) is 11.6 Å². The van der Waals surface area contributed by atoms with Gasteiger partial charge in [-0.25, -0.2) is 0 Å². The molecule has 1 aromatic carbocycles. The second-order valence-corrected chi connectivity index (χ2v) is 7.14. The fraction of sp³-hybridized carbons (Fsp3) is 0.538. The highest BCUT2D eigenvalue weighted by Crippen LogP contribution is 2.64. The Morgan fingerprint density at radius 2 is 1.88 bits per heavy atom. The van der Waals surface area contributed by atoms with Crippen molar-refractivity contribution in [2.24, 2.45) is 17.8 Å². The summed E-state index contributed by atoms with van der Waals surface area (Å²) < 4.78 is 2.25. The van der Waals surface area contributed by atoms with Crippen LogP contribution in [0.25, 0.3) is 0 Å². The van der Waals surface area contributed by atoms with E-state index >= 15 is 0 Å². The van der Waals surface area contributed by atoms with Gasteiger partial charge in [0.2, 0.25) is 0 Å². The topological polar surface area (TPSA) is 0 Å². The molecular formula is C13H13Br2Cl.